The molecule has 4 heterocycles. The van der Waals surface area contributed by atoms with Crippen LogP contribution in [0.5, 0.6) is 0 Å². The molecule has 1 aromatic carbocycles. The van der Waals surface area contributed by atoms with Crippen LogP contribution in [0, 0.1) is 5.92 Å². The fraction of sp³-hybridized carbons (Fsp3) is 0.583. The van der Waals surface area contributed by atoms with Crippen molar-refractivity contribution in [2.24, 2.45) is 5.92 Å². The predicted molar refractivity (Wildman–Crippen MR) is 120 cm³/mol. The minimum Gasteiger partial charge on any atom is -0.377 e. The van der Waals surface area contributed by atoms with Gasteiger partial charge in [-0.1, -0.05) is 11.6 Å². The Bertz CT molecular complexity index is 1200. The molecule has 2 aromatic heterocycles. The largest absolute Gasteiger partial charge is 0.377 e. The van der Waals surface area contributed by atoms with Gasteiger partial charge in [0, 0.05) is 22.9 Å². The summed E-state index contributed by atoms with van der Waals surface area (Å²) in [4.78, 5) is 2.24. The number of halogens is 2. The smallest absolute Gasteiger partial charge is 0.120 e. The maximum absolute atomic E-state index is 15.4. The molecular formula is C24H27ClFN5O. The van der Waals surface area contributed by atoms with E-state index in [-0.39, 0.29) is 17.0 Å². The summed E-state index contributed by atoms with van der Waals surface area (Å²) < 4.78 is 24.8. The number of hydrogen-bond acceptors (Lipinski definition) is 4. The summed E-state index contributed by atoms with van der Waals surface area (Å²) in [6, 6.07) is 3.98. The van der Waals surface area contributed by atoms with E-state index in [1.807, 2.05) is 29.2 Å². The summed E-state index contributed by atoms with van der Waals surface area (Å²) in [6.45, 7) is 4.81. The van der Waals surface area contributed by atoms with Crippen LogP contribution in [-0.2, 0) is 10.3 Å². The number of ether oxygens (including phenoxy) is 1. The molecule has 0 spiro atoms. The van der Waals surface area contributed by atoms with Crippen LogP contribution < -0.4 is 0 Å². The van der Waals surface area contributed by atoms with Crippen LogP contribution in [0.2, 0.25) is 5.02 Å². The van der Waals surface area contributed by atoms with Gasteiger partial charge in [0.15, 0.2) is 0 Å². The number of hydrogen-bond donors (Lipinski definition) is 0. The lowest BCUT2D eigenvalue weighted by Gasteiger charge is -2.61. The molecule has 3 aliphatic carbocycles. The second-order valence-corrected chi connectivity index (χ2v) is 11.1. The molecule has 0 unspecified atom stereocenters. The highest BCUT2D eigenvalue weighted by atomic mass is 35.5. The lowest BCUT2D eigenvalue weighted by atomic mass is 9.50. The van der Waals surface area contributed by atoms with Gasteiger partial charge in [-0.25, -0.2) is 9.07 Å². The van der Waals surface area contributed by atoms with E-state index in [1.165, 1.54) is 19.3 Å². The summed E-state index contributed by atoms with van der Waals surface area (Å²) in [5.74, 6) is 0.692. The SMILES string of the molecule is CC1(N2CC[C@H](c3cc4c(cnn4-c4cnn(C56CC(C5)C6)c4)cc3Cl)[C@H](F)C2)COC1. The molecule has 5 aliphatic rings. The van der Waals surface area contributed by atoms with Gasteiger partial charge in [-0.3, -0.25) is 9.58 Å². The first-order chi connectivity index (χ1) is 15.4. The third-order valence-corrected chi connectivity index (χ3v) is 8.85. The van der Waals surface area contributed by atoms with E-state index in [1.54, 1.807) is 0 Å². The number of piperidine rings is 1. The van der Waals surface area contributed by atoms with E-state index < -0.39 is 6.17 Å². The summed E-state index contributed by atoms with van der Waals surface area (Å²) >= 11 is 6.66. The third-order valence-electron chi connectivity index (χ3n) is 8.52. The standard InChI is InChI=1S/C24H27ClFN5O/c1-23(13-32-14-23)29-3-2-18(21(26)12-29)19-5-22-16(4-20(19)25)9-28-31(22)17-10-27-30(11-17)24-6-15(7-24)8-24/h4-5,9-11,15,18,21H,2-3,6-8,12-14H2,1H3/t15?,18-,21-,24?/m1/s1. The van der Waals surface area contributed by atoms with Crippen LogP contribution in [0.1, 0.15) is 44.1 Å². The molecule has 2 aliphatic heterocycles. The van der Waals surface area contributed by atoms with E-state index >= 15 is 4.39 Å². The van der Waals surface area contributed by atoms with E-state index in [0.717, 1.165) is 41.0 Å². The van der Waals surface area contributed by atoms with Crippen molar-refractivity contribution in [1.29, 1.82) is 0 Å². The van der Waals surface area contributed by atoms with Crippen LogP contribution >= 0.6 is 11.6 Å². The predicted octanol–water partition coefficient (Wildman–Crippen LogP) is 4.30. The lowest BCUT2D eigenvalue weighted by Crippen LogP contribution is -2.63. The lowest BCUT2D eigenvalue weighted by molar-refractivity contribution is -0.143. The Morgan fingerprint density at radius 3 is 2.62 bits per heavy atom. The second-order valence-electron chi connectivity index (χ2n) is 10.7. The van der Waals surface area contributed by atoms with Gasteiger partial charge in [0.25, 0.3) is 0 Å². The molecule has 6 nitrogen and oxygen atoms in total. The van der Waals surface area contributed by atoms with Crippen molar-refractivity contribution in [1.82, 2.24) is 24.5 Å². The molecule has 0 N–H and O–H groups in total. The van der Waals surface area contributed by atoms with Crippen molar-refractivity contribution >= 4 is 22.5 Å². The Labute approximate surface area is 191 Å². The number of likely N-dealkylation sites (tertiary alicyclic amines) is 1. The zero-order valence-electron chi connectivity index (χ0n) is 18.2. The summed E-state index contributed by atoms with van der Waals surface area (Å²) in [6.07, 6.45) is 9.35. The number of aromatic nitrogens is 4. The quantitative estimate of drug-likeness (QED) is 0.588. The fourth-order valence-electron chi connectivity index (χ4n) is 6.27. The van der Waals surface area contributed by atoms with Crippen LogP contribution in [0.4, 0.5) is 4.39 Å². The van der Waals surface area contributed by atoms with Gasteiger partial charge in [-0.15, -0.1) is 0 Å². The highest BCUT2D eigenvalue weighted by Crippen LogP contribution is 2.62. The minimum absolute atomic E-state index is 0.0256. The number of alkyl halides is 1. The highest BCUT2D eigenvalue weighted by molar-refractivity contribution is 6.32. The first-order valence-electron chi connectivity index (χ1n) is 11.6. The van der Waals surface area contributed by atoms with Crippen LogP contribution in [0.15, 0.2) is 30.7 Å². The molecule has 3 aromatic rings. The molecule has 168 valence electrons. The van der Waals surface area contributed by atoms with Crippen molar-refractivity contribution in [3.63, 3.8) is 0 Å². The summed E-state index contributed by atoms with van der Waals surface area (Å²) in [5, 5.41) is 10.9. The maximum atomic E-state index is 15.4. The Balaban J connectivity index is 1.20. The molecule has 2 bridgehead atoms. The molecule has 8 rings (SSSR count). The van der Waals surface area contributed by atoms with E-state index in [0.29, 0.717) is 24.8 Å². The monoisotopic (exact) mass is 455 g/mol. The zero-order valence-corrected chi connectivity index (χ0v) is 18.9. The van der Waals surface area contributed by atoms with Gasteiger partial charge in [0.2, 0.25) is 0 Å². The van der Waals surface area contributed by atoms with Gasteiger partial charge < -0.3 is 4.74 Å². The maximum Gasteiger partial charge on any atom is 0.120 e. The van der Waals surface area contributed by atoms with Gasteiger partial charge in [0.05, 0.1) is 48.4 Å². The Kier molecular flexibility index (Phi) is 3.99. The highest BCUT2D eigenvalue weighted by Gasteiger charge is 2.58. The topological polar surface area (TPSA) is 48.1 Å². The van der Waals surface area contributed by atoms with Crippen molar-refractivity contribution in [3.8, 4) is 5.69 Å². The molecule has 32 heavy (non-hydrogen) atoms. The van der Waals surface area contributed by atoms with Crippen molar-refractivity contribution in [2.75, 3.05) is 26.3 Å². The average Bonchev–Trinajstić information content (AvgIpc) is 3.30. The second kappa shape index (κ2) is 6.55. The molecule has 2 saturated heterocycles. The number of fused-ring (bicyclic) bond motifs is 1. The van der Waals surface area contributed by atoms with Crippen LogP contribution in [-0.4, -0.2) is 62.5 Å². The van der Waals surface area contributed by atoms with E-state index in [2.05, 4.69) is 32.9 Å². The molecule has 0 radical (unpaired) electrons. The van der Waals surface area contributed by atoms with Crippen molar-refractivity contribution < 1.29 is 9.13 Å². The summed E-state index contributed by atoms with van der Waals surface area (Å²) in [7, 11) is 0. The molecule has 0 amide bonds. The van der Waals surface area contributed by atoms with Gasteiger partial charge in [-0.05, 0) is 62.8 Å². The van der Waals surface area contributed by atoms with E-state index in [9.17, 15) is 0 Å². The summed E-state index contributed by atoms with van der Waals surface area (Å²) in [5.41, 5.74) is 3.01. The van der Waals surface area contributed by atoms with Crippen LogP contribution in [0.3, 0.4) is 0 Å². The number of benzene rings is 1. The minimum atomic E-state index is -0.959. The first-order valence-corrected chi connectivity index (χ1v) is 12.0. The van der Waals surface area contributed by atoms with Gasteiger partial charge >= 0.3 is 0 Å². The third kappa shape index (κ3) is 2.65. The van der Waals surface area contributed by atoms with Crippen molar-refractivity contribution in [2.45, 2.75) is 55.8 Å². The number of nitrogens with zero attached hydrogens (tertiary/aromatic N) is 5. The molecular weight excluding hydrogens is 429 g/mol. The Hall–Kier alpha value is -1.96. The molecule has 2 atom stereocenters. The normalized spacial score (nSPS) is 33.5. The average molecular weight is 456 g/mol. The van der Waals surface area contributed by atoms with E-state index in [4.69, 9.17) is 16.3 Å². The Morgan fingerprint density at radius 1 is 1.16 bits per heavy atom. The van der Waals surface area contributed by atoms with Gasteiger partial charge in [0.1, 0.15) is 11.9 Å². The fourth-order valence-corrected chi connectivity index (χ4v) is 6.59. The Morgan fingerprint density at radius 2 is 1.97 bits per heavy atom. The number of rotatable bonds is 4. The van der Waals surface area contributed by atoms with Crippen molar-refractivity contribution in [3.05, 3.63) is 41.3 Å². The van der Waals surface area contributed by atoms with Gasteiger partial charge in [-0.2, -0.15) is 10.2 Å². The zero-order chi connectivity index (χ0) is 21.7. The first kappa shape index (κ1) is 19.5. The molecule has 5 fully saturated rings. The van der Waals surface area contributed by atoms with Crippen LogP contribution in [0.25, 0.3) is 16.6 Å². The molecule has 3 saturated carbocycles. The molecule has 8 heteroatoms.